The van der Waals surface area contributed by atoms with Gasteiger partial charge in [-0.25, -0.2) is 0 Å². The van der Waals surface area contributed by atoms with Gasteiger partial charge in [0.15, 0.2) is 0 Å². The highest BCUT2D eigenvalue weighted by molar-refractivity contribution is 4.86. The Morgan fingerprint density at radius 2 is 2.36 bits per heavy atom. The molecule has 1 aromatic heterocycles. The Morgan fingerprint density at radius 1 is 1.55 bits per heavy atom. The van der Waals surface area contributed by atoms with Crippen LogP contribution in [0.25, 0.3) is 0 Å². The molecule has 0 aliphatic rings. The van der Waals surface area contributed by atoms with Gasteiger partial charge >= 0.3 is 0 Å². The molecule has 1 heterocycles. The molecule has 0 spiro atoms. The van der Waals surface area contributed by atoms with Crippen LogP contribution >= 0.6 is 0 Å². The van der Waals surface area contributed by atoms with Crippen LogP contribution in [0.1, 0.15) is 44.9 Å². The van der Waals surface area contributed by atoms with Crippen molar-refractivity contribution >= 4 is 0 Å². The number of hydrogen-bond acceptors (Lipinski definition) is 3. The van der Waals surface area contributed by atoms with Gasteiger partial charge in [0.2, 0.25) is 12.3 Å². The Morgan fingerprint density at radius 3 is 2.82 bits per heavy atom. The predicted molar refractivity (Wildman–Crippen MR) is 42.2 cm³/mol. The third-order valence-electron chi connectivity index (χ3n) is 1.86. The minimum absolute atomic E-state index is 0.461. The summed E-state index contributed by atoms with van der Waals surface area (Å²) in [6, 6.07) is 0. The van der Waals surface area contributed by atoms with E-state index < -0.39 is 0 Å². The molecule has 0 saturated heterocycles. The Hall–Kier alpha value is -0.860. The van der Waals surface area contributed by atoms with Crippen molar-refractivity contribution in [2.75, 3.05) is 0 Å². The van der Waals surface area contributed by atoms with E-state index in [-0.39, 0.29) is 0 Å². The van der Waals surface area contributed by atoms with E-state index in [1.807, 2.05) is 0 Å². The number of rotatable bonds is 4. The topological polar surface area (TPSA) is 38.9 Å². The molecule has 0 radical (unpaired) electrons. The van der Waals surface area contributed by atoms with Crippen molar-refractivity contribution < 1.29 is 4.42 Å². The van der Waals surface area contributed by atoms with Gasteiger partial charge in [-0.2, -0.15) is 0 Å². The van der Waals surface area contributed by atoms with Gasteiger partial charge in [-0.05, 0) is 12.8 Å². The molecule has 1 rings (SSSR count). The molecular weight excluding hydrogens is 140 g/mol. The van der Waals surface area contributed by atoms with Gasteiger partial charge < -0.3 is 4.42 Å². The van der Waals surface area contributed by atoms with E-state index in [1.54, 1.807) is 0 Å². The average molecular weight is 154 g/mol. The van der Waals surface area contributed by atoms with Crippen LogP contribution < -0.4 is 0 Å². The van der Waals surface area contributed by atoms with E-state index in [0.29, 0.717) is 5.92 Å². The Labute approximate surface area is 66.8 Å². The molecule has 3 nitrogen and oxygen atoms in total. The summed E-state index contributed by atoms with van der Waals surface area (Å²) in [5.74, 6) is 1.25. The van der Waals surface area contributed by atoms with Crippen LogP contribution in [0.15, 0.2) is 10.8 Å². The SMILES string of the molecule is CCCC(CC)c1nnco1. The van der Waals surface area contributed by atoms with Crippen molar-refractivity contribution in [3.8, 4) is 0 Å². The molecule has 0 amide bonds. The summed E-state index contributed by atoms with van der Waals surface area (Å²) in [6.45, 7) is 4.31. The first-order valence-corrected chi connectivity index (χ1v) is 4.14. The lowest BCUT2D eigenvalue weighted by Gasteiger charge is -2.06. The van der Waals surface area contributed by atoms with E-state index >= 15 is 0 Å². The maximum atomic E-state index is 5.12. The maximum Gasteiger partial charge on any atom is 0.219 e. The Bertz CT molecular complexity index is 184. The molecule has 11 heavy (non-hydrogen) atoms. The third-order valence-corrected chi connectivity index (χ3v) is 1.86. The van der Waals surface area contributed by atoms with Gasteiger partial charge in [-0.15, -0.1) is 10.2 Å². The molecule has 62 valence electrons. The minimum atomic E-state index is 0.461. The zero-order valence-electron chi connectivity index (χ0n) is 7.08. The molecule has 1 aromatic rings. The monoisotopic (exact) mass is 154 g/mol. The fourth-order valence-electron chi connectivity index (χ4n) is 1.21. The molecule has 0 fully saturated rings. The Kier molecular flexibility index (Phi) is 3.08. The van der Waals surface area contributed by atoms with Crippen LogP contribution in [0.3, 0.4) is 0 Å². The number of nitrogens with zero attached hydrogens (tertiary/aromatic N) is 2. The second-order valence-corrected chi connectivity index (χ2v) is 2.67. The largest absolute Gasteiger partial charge is 0.428 e. The fourth-order valence-corrected chi connectivity index (χ4v) is 1.21. The minimum Gasteiger partial charge on any atom is -0.428 e. The lowest BCUT2D eigenvalue weighted by Crippen LogP contribution is -1.96. The van der Waals surface area contributed by atoms with Crippen molar-refractivity contribution in [1.82, 2.24) is 10.2 Å². The quantitative estimate of drug-likeness (QED) is 0.668. The van der Waals surface area contributed by atoms with Gasteiger partial charge in [0.1, 0.15) is 0 Å². The lowest BCUT2D eigenvalue weighted by molar-refractivity contribution is 0.421. The lowest BCUT2D eigenvalue weighted by atomic mass is 10.0. The summed E-state index contributed by atoms with van der Waals surface area (Å²) in [4.78, 5) is 0. The maximum absolute atomic E-state index is 5.12. The molecule has 0 aliphatic heterocycles. The first-order chi connectivity index (χ1) is 5.38. The fraction of sp³-hybridized carbons (Fsp3) is 0.750. The van der Waals surface area contributed by atoms with Crippen LogP contribution in [-0.4, -0.2) is 10.2 Å². The van der Waals surface area contributed by atoms with Crippen molar-refractivity contribution in [2.45, 2.75) is 39.0 Å². The number of hydrogen-bond donors (Lipinski definition) is 0. The summed E-state index contributed by atoms with van der Waals surface area (Å²) >= 11 is 0. The zero-order chi connectivity index (χ0) is 8.10. The molecule has 0 saturated carbocycles. The van der Waals surface area contributed by atoms with E-state index in [2.05, 4.69) is 24.0 Å². The second-order valence-electron chi connectivity index (χ2n) is 2.67. The summed E-state index contributed by atoms with van der Waals surface area (Å²) in [6.07, 6.45) is 4.78. The van der Waals surface area contributed by atoms with Crippen molar-refractivity contribution in [3.63, 3.8) is 0 Å². The Balaban J connectivity index is 2.56. The highest BCUT2D eigenvalue weighted by Gasteiger charge is 2.12. The summed E-state index contributed by atoms with van der Waals surface area (Å²) in [5.41, 5.74) is 0. The van der Waals surface area contributed by atoms with Crippen molar-refractivity contribution in [3.05, 3.63) is 12.3 Å². The van der Waals surface area contributed by atoms with E-state index in [1.165, 1.54) is 12.8 Å². The van der Waals surface area contributed by atoms with E-state index in [9.17, 15) is 0 Å². The second kappa shape index (κ2) is 4.11. The van der Waals surface area contributed by atoms with Crippen LogP contribution in [0.5, 0.6) is 0 Å². The molecule has 0 N–H and O–H groups in total. The molecular formula is C8H14N2O. The summed E-state index contributed by atoms with van der Waals surface area (Å²) < 4.78 is 5.12. The standard InChI is InChI=1S/C8H14N2O/c1-3-5-7(4-2)8-10-9-6-11-8/h6-7H,3-5H2,1-2H3. The number of aromatic nitrogens is 2. The third kappa shape index (κ3) is 2.03. The van der Waals surface area contributed by atoms with E-state index in [4.69, 9.17) is 4.42 Å². The molecule has 3 heteroatoms. The smallest absolute Gasteiger partial charge is 0.219 e. The average Bonchev–Trinajstić information content (AvgIpc) is 2.52. The van der Waals surface area contributed by atoms with Crippen LogP contribution in [-0.2, 0) is 0 Å². The molecule has 0 bridgehead atoms. The van der Waals surface area contributed by atoms with Gasteiger partial charge in [0, 0.05) is 5.92 Å². The van der Waals surface area contributed by atoms with Gasteiger partial charge in [-0.1, -0.05) is 20.3 Å². The van der Waals surface area contributed by atoms with Crippen molar-refractivity contribution in [1.29, 1.82) is 0 Å². The predicted octanol–water partition coefficient (Wildman–Crippen LogP) is 2.36. The first kappa shape index (κ1) is 8.24. The van der Waals surface area contributed by atoms with Crippen LogP contribution in [0.4, 0.5) is 0 Å². The summed E-state index contributed by atoms with van der Waals surface area (Å²) in [7, 11) is 0. The first-order valence-electron chi connectivity index (χ1n) is 4.14. The normalized spacial score (nSPS) is 13.3. The molecule has 1 unspecified atom stereocenters. The van der Waals surface area contributed by atoms with Gasteiger partial charge in [0.05, 0.1) is 0 Å². The van der Waals surface area contributed by atoms with Gasteiger partial charge in [-0.3, -0.25) is 0 Å². The highest BCUT2D eigenvalue weighted by Crippen LogP contribution is 2.21. The molecule has 0 aromatic carbocycles. The molecule has 0 aliphatic carbocycles. The highest BCUT2D eigenvalue weighted by atomic mass is 16.4. The summed E-state index contributed by atoms with van der Waals surface area (Å²) in [5, 5.41) is 7.55. The van der Waals surface area contributed by atoms with Crippen LogP contribution in [0.2, 0.25) is 0 Å². The molecule has 1 atom stereocenters. The van der Waals surface area contributed by atoms with Gasteiger partial charge in [0.25, 0.3) is 0 Å². The van der Waals surface area contributed by atoms with Crippen LogP contribution in [0, 0.1) is 0 Å². The zero-order valence-corrected chi connectivity index (χ0v) is 7.08. The van der Waals surface area contributed by atoms with E-state index in [0.717, 1.165) is 18.7 Å². The van der Waals surface area contributed by atoms with Crippen molar-refractivity contribution in [2.24, 2.45) is 0 Å².